The molecule has 1 aliphatic rings. The molecule has 4 rings (SSSR count). The van der Waals surface area contributed by atoms with Crippen LogP contribution in [0.3, 0.4) is 0 Å². The van der Waals surface area contributed by atoms with Crippen molar-refractivity contribution in [3.63, 3.8) is 0 Å². The van der Waals surface area contributed by atoms with Gasteiger partial charge < -0.3 is 14.9 Å². The normalized spacial score (nSPS) is 14.6. The minimum Gasteiger partial charge on any atom is -0.508 e. The van der Waals surface area contributed by atoms with Crippen LogP contribution < -0.4 is 0 Å². The highest BCUT2D eigenvalue weighted by molar-refractivity contribution is 5.96. The van der Waals surface area contributed by atoms with E-state index in [4.69, 9.17) is 4.74 Å². The Balaban J connectivity index is 2.16. The molecule has 0 unspecified atom stereocenters. The number of aromatic hydroxyl groups is 2. The SMILES string of the molecule is Cc1c(O)ccc(C2(c3ccc(O)c(C)c3C)OC(=O)c3ccccc32)c1C. The van der Waals surface area contributed by atoms with Crippen molar-refractivity contribution in [3.8, 4) is 11.5 Å². The van der Waals surface area contributed by atoms with Crippen LogP contribution in [0.4, 0.5) is 0 Å². The zero-order chi connectivity index (χ0) is 20.2. The van der Waals surface area contributed by atoms with Crippen molar-refractivity contribution < 1.29 is 19.7 Å². The summed E-state index contributed by atoms with van der Waals surface area (Å²) in [6, 6.07) is 14.3. The first-order valence-electron chi connectivity index (χ1n) is 9.21. The summed E-state index contributed by atoms with van der Waals surface area (Å²) in [7, 11) is 0. The van der Waals surface area contributed by atoms with E-state index in [9.17, 15) is 15.0 Å². The fraction of sp³-hybridized carbons (Fsp3) is 0.208. The van der Waals surface area contributed by atoms with Crippen molar-refractivity contribution in [2.45, 2.75) is 33.3 Å². The number of carbonyl (C=O) groups excluding carboxylic acids is 1. The lowest BCUT2D eigenvalue weighted by Gasteiger charge is -2.34. The standard InChI is InChI=1S/C24H22O4/c1-13-15(3)21(25)11-9-18(13)24(19-10-12-22(26)16(4)14(19)2)20-8-6-5-7-17(20)23(27)28-24/h5-12,25-26H,1-4H3. The summed E-state index contributed by atoms with van der Waals surface area (Å²) >= 11 is 0. The number of hydrogen-bond acceptors (Lipinski definition) is 4. The second kappa shape index (κ2) is 6.13. The maximum Gasteiger partial charge on any atom is 0.340 e. The van der Waals surface area contributed by atoms with E-state index in [1.807, 2.05) is 58.0 Å². The molecule has 1 aliphatic heterocycles. The molecule has 0 amide bonds. The van der Waals surface area contributed by atoms with Gasteiger partial charge in [-0.2, -0.15) is 0 Å². The molecule has 1 heterocycles. The minimum absolute atomic E-state index is 0.201. The number of fused-ring (bicyclic) bond motifs is 1. The molecule has 0 bridgehead atoms. The van der Waals surface area contributed by atoms with Crippen LogP contribution in [0.1, 0.15) is 49.3 Å². The van der Waals surface area contributed by atoms with Crippen molar-refractivity contribution in [3.05, 3.63) is 93.0 Å². The Morgan fingerprint density at radius 3 is 1.71 bits per heavy atom. The van der Waals surface area contributed by atoms with Crippen LogP contribution >= 0.6 is 0 Å². The van der Waals surface area contributed by atoms with Crippen molar-refractivity contribution in [2.24, 2.45) is 0 Å². The van der Waals surface area contributed by atoms with Crippen LogP contribution in [0, 0.1) is 27.7 Å². The summed E-state index contributed by atoms with van der Waals surface area (Å²) in [4.78, 5) is 12.8. The first-order valence-corrected chi connectivity index (χ1v) is 9.21. The third-order valence-corrected chi connectivity index (χ3v) is 6.05. The van der Waals surface area contributed by atoms with Crippen molar-refractivity contribution in [2.75, 3.05) is 0 Å². The van der Waals surface area contributed by atoms with Crippen molar-refractivity contribution >= 4 is 5.97 Å². The average molecular weight is 374 g/mol. The summed E-state index contributed by atoms with van der Waals surface area (Å²) in [6.07, 6.45) is 0. The average Bonchev–Trinajstić information content (AvgIpc) is 2.98. The van der Waals surface area contributed by atoms with Crippen LogP contribution in [0.2, 0.25) is 0 Å². The van der Waals surface area contributed by atoms with Gasteiger partial charge in [0.1, 0.15) is 11.5 Å². The van der Waals surface area contributed by atoms with Crippen LogP contribution in [-0.4, -0.2) is 16.2 Å². The molecule has 0 fully saturated rings. The number of hydrogen-bond donors (Lipinski definition) is 2. The zero-order valence-electron chi connectivity index (χ0n) is 16.3. The van der Waals surface area contributed by atoms with E-state index in [-0.39, 0.29) is 17.5 Å². The third-order valence-electron chi connectivity index (χ3n) is 6.05. The molecular weight excluding hydrogens is 352 g/mol. The summed E-state index contributed by atoms with van der Waals surface area (Å²) in [5.74, 6) is 0.0195. The number of ether oxygens (including phenoxy) is 1. The van der Waals surface area contributed by atoms with Gasteiger partial charge in [-0.3, -0.25) is 0 Å². The van der Waals surface area contributed by atoms with E-state index in [0.29, 0.717) is 5.56 Å². The third kappa shape index (κ3) is 2.27. The van der Waals surface area contributed by atoms with E-state index in [1.165, 1.54) is 0 Å². The Morgan fingerprint density at radius 2 is 1.18 bits per heavy atom. The molecule has 0 spiro atoms. The number of phenolic OH excluding ortho intramolecular Hbond substituents is 2. The summed E-state index contributed by atoms with van der Waals surface area (Å²) < 4.78 is 6.14. The van der Waals surface area contributed by atoms with E-state index in [2.05, 4.69) is 0 Å². The van der Waals surface area contributed by atoms with Gasteiger partial charge in [0.2, 0.25) is 0 Å². The Kier molecular flexibility index (Phi) is 3.96. The number of esters is 1. The molecule has 2 N–H and O–H groups in total. The second-order valence-electron chi connectivity index (χ2n) is 7.38. The maximum absolute atomic E-state index is 12.8. The van der Waals surface area contributed by atoms with Crippen LogP contribution in [0.5, 0.6) is 11.5 Å². The highest BCUT2D eigenvalue weighted by Crippen LogP contribution is 2.50. The lowest BCUT2D eigenvalue weighted by atomic mass is 9.75. The Morgan fingerprint density at radius 1 is 0.679 bits per heavy atom. The van der Waals surface area contributed by atoms with Gasteiger partial charge in [-0.25, -0.2) is 4.79 Å². The van der Waals surface area contributed by atoms with Crippen LogP contribution in [0.25, 0.3) is 0 Å². The summed E-state index contributed by atoms with van der Waals surface area (Å²) in [5, 5.41) is 20.3. The minimum atomic E-state index is -1.14. The molecule has 0 saturated heterocycles. The van der Waals surface area contributed by atoms with Crippen molar-refractivity contribution in [1.29, 1.82) is 0 Å². The van der Waals surface area contributed by atoms with Gasteiger partial charge in [0.25, 0.3) is 0 Å². The molecule has 0 saturated carbocycles. The number of rotatable bonds is 2. The highest BCUT2D eigenvalue weighted by atomic mass is 16.6. The summed E-state index contributed by atoms with van der Waals surface area (Å²) in [6.45, 7) is 7.53. The van der Waals surface area contributed by atoms with Gasteiger partial charge in [-0.15, -0.1) is 0 Å². The fourth-order valence-electron chi connectivity index (χ4n) is 4.14. The predicted molar refractivity (Wildman–Crippen MR) is 107 cm³/mol. The smallest absolute Gasteiger partial charge is 0.340 e. The highest BCUT2D eigenvalue weighted by Gasteiger charge is 2.50. The molecule has 3 aromatic rings. The number of benzene rings is 3. The van der Waals surface area contributed by atoms with Crippen LogP contribution in [0.15, 0.2) is 48.5 Å². The number of cyclic esters (lactones) is 1. The van der Waals surface area contributed by atoms with Gasteiger partial charge in [-0.05, 0) is 68.1 Å². The number of carbonyl (C=O) groups is 1. The van der Waals surface area contributed by atoms with Gasteiger partial charge in [0, 0.05) is 16.7 Å². The maximum atomic E-state index is 12.8. The van der Waals surface area contributed by atoms with Gasteiger partial charge in [0.15, 0.2) is 5.60 Å². The largest absolute Gasteiger partial charge is 0.508 e. The van der Waals surface area contributed by atoms with Crippen LogP contribution in [-0.2, 0) is 10.3 Å². The Labute approximate surface area is 164 Å². The van der Waals surface area contributed by atoms with Crippen molar-refractivity contribution in [1.82, 2.24) is 0 Å². The first kappa shape index (κ1) is 18.1. The molecule has 142 valence electrons. The van der Waals surface area contributed by atoms with E-state index in [0.717, 1.165) is 38.9 Å². The first-order chi connectivity index (χ1) is 13.3. The van der Waals surface area contributed by atoms with Gasteiger partial charge in [-0.1, -0.05) is 30.3 Å². The molecule has 4 heteroatoms. The number of phenols is 2. The Hall–Kier alpha value is -3.27. The molecule has 0 atom stereocenters. The molecule has 0 aromatic heterocycles. The lowest BCUT2D eigenvalue weighted by Crippen LogP contribution is -2.32. The fourth-order valence-corrected chi connectivity index (χ4v) is 4.14. The van der Waals surface area contributed by atoms with Gasteiger partial charge >= 0.3 is 5.97 Å². The molecular formula is C24H22O4. The zero-order valence-corrected chi connectivity index (χ0v) is 16.3. The molecule has 0 radical (unpaired) electrons. The predicted octanol–water partition coefficient (Wildman–Crippen LogP) is 4.79. The quantitative estimate of drug-likeness (QED) is 0.633. The van der Waals surface area contributed by atoms with E-state index >= 15 is 0 Å². The molecule has 3 aromatic carbocycles. The molecule has 28 heavy (non-hydrogen) atoms. The molecule has 4 nitrogen and oxygen atoms in total. The summed E-state index contributed by atoms with van der Waals surface area (Å²) in [5.41, 5.74) is 4.95. The lowest BCUT2D eigenvalue weighted by molar-refractivity contribution is 0.0248. The van der Waals surface area contributed by atoms with E-state index in [1.54, 1.807) is 18.2 Å². The van der Waals surface area contributed by atoms with Gasteiger partial charge in [0.05, 0.1) is 5.56 Å². The molecule has 0 aliphatic carbocycles. The Bertz CT molecular complexity index is 1070. The second-order valence-corrected chi connectivity index (χ2v) is 7.38. The monoisotopic (exact) mass is 374 g/mol. The van der Waals surface area contributed by atoms with E-state index < -0.39 is 5.60 Å². The topological polar surface area (TPSA) is 66.8 Å².